The number of fused-ring (bicyclic) bond motifs is 1. The molecule has 1 aliphatic carbocycles. The minimum atomic E-state index is -0.0894. The van der Waals surface area contributed by atoms with E-state index < -0.39 is 0 Å². The van der Waals surface area contributed by atoms with Crippen LogP contribution in [0.3, 0.4) is 0 Å². The molecule has 3 nitrogen and oxygen atoms in total. The van der Waals surface area contributed by atoms with Gasteiger partial charge in [-0.1, -0.05) is 56.4 Å². The Morgan fingerprint density at radius 1 is 1.00 bits per heavy atom. The van der Waals surface area contributed by atoms with E-state index >= 15 is 0 Å². The van der Waals surface area contributed by atoms with Crippen LogP contribution in [0.5, 0.6) is 5.75 Å². The van der Waals surface area contributed by atoms with Crippen LogP contribution in [0, 0.1) is 5.92 Å². The van der Waals surface area contributed by atoms with Gasteiger partial charge in [0.1, 0.15) is 5.75 Å². The van der Waals surface area contributed by atoms with E-state index in [4.69, 9.17) is 4.74 Å². The largest absolute Gasteiger partial charge is 0.497 e. The first-order valence-corrected chi connectivity index (χ1v) is 11.5. The van der Waals surface area contributed by atoms with Gasteiger partial charge in [-0.25, -0.2) is 0 Å². The average molecular weight is 394 g/mol. The molecule has 2 aliphatic rings. The van der Waals surface area contributed by atoms with E-state index in [-0.39, 0.29) is 5.92 Å². The number of carbonyl (C=O) groups is 1. The highest BCUT2D eigenvalue weighted by molar-refractivity contribution is 5.88. The van der Waals surface area contributed by atoms with E-state index in [0.29, 0.717) is 11.9 Å². The zero-order valence-corrected chi connectivity index (χ0v) is 18.0. The highest BCUT2D eigenvalue weighted by atomic mass is 16.5. The maximum Gasteiger partial charge on any atom is 0.230 e. The molecule has 1 heterocycles. The highest BCUT2D eigenvalue weighted by Gasteiger charge is 2.32. The Morgan fingerprint density at radius 2 is 1.72 bits per heavy atom. The minimum absolute atomic E-state index is 0.0894. The molecule has 0 aromatic heterocycles. The first kappa shape index (κ1) is 20.3. The van der Waals surface area contributed by atoms with Crippen molar-refractivity contribution in [1.29, 1.82) is 0 Å². The van der Waals surface area contributed by atoms with Crippen molar-refractivity contribution in [2.24, 2.45) is 5.92 Å². The summed E-state index contributed by atoms with van der Waals surface area (Å²) in [7, 11) is 1.69. The average Bonchev–Trinajstić information content (AvgIpc) is 2.78. The van der Waals surface area contributed by atoms with Gasteiger partial charge >= 0.3 is 0 Å². The summed E-state index contributed by atoms with van der Waals surface area (Å²) in [4.78, 5) is 15.7. The van der Waals surface area contributed by atoms with Crippen LogP contribution in [0.25, 0.3) is 10.8 Å². The number of benzene rings is 2. The van der Waals surface area contributed by atoms with Gasteiger partial charge in [0.25, 0.3) is 0 Å². The third kappa shape index (κ3) is 4.60. The Bertz CT molecular complexity index is 840. The van der Waals surface area contributed by atoms with E-state index in [1.54, 1.807) is 7.11 Å². The van der Waals surface area contributed by atoms with Crippen molar-refractivity contribution in [1.82, 2.24) is 4.90 Å². The minimum Gasteiger partial charge on any atom is -0.497 e. The molecule has 2 aromatic rings. The molecule has 156 valence electrons. The Hall–Kier alpha value is -2.03. The van der Waals surface area contributed by atoms with Crippen molar-refractivity contribution in [3.8, 4) is 5.75 Å². The Labute approximate surface area is 175 Å². The Morgan fingerprint density at radius 3 is 2.52 bits per heavy atom. The number of ether oxygens (including phenoxy) is 1. The molecule has 0 radical (unpaired) electrons. The summed E-state index contributed by atoms with van der Waals surface area (Å²) < 4.78 is 5.33. The van der Waals surface area contributed by atoms with Crippen molar-refractivity contribution in [3.05, 3.63) is 42.0 Å². The Balaban J connectivity index is 1.49. The number of amides is 1. The molecule has 2 aromatic carbocycles. The zero-order valence-electron chi connectivity index (χ0n) is 18.0. The molecular formula is C26H35NO2. The number of carbonyl (C=O) groups excluding carboxylic acids is 1. The van der Waals surface area contributed by atoms with Gasteiger partial charge in [-0.05, 0) is 67.0 Å². The van der Waals surface area contributed by atoms with Crippen molar-refractivity contribution in [2.45, 2.75) is 76.7 Å². The molecule has 1 amide bonds. The molecule has 1 aliphatic heterocycles. The van der Waals surface area contributed by atoms with Crippen LogP contribution in [0.15, 0.2) is 36.4 Å². The lowest BCUT2D eigenvalue weighted by Crippen LogP contribution is -2.46. The molecule has 1 saturated heterocycles. The molecule has 2 atom stereocenters. The van der Waals surface area contributed by atoms with E-state index in [1.165, 1.54) is 56.8 Å². The van der Waals surface area contributed by atoms with E-state index in [9.17, 15) is 4.79 Å². The van der Waals surface area contributed by atoms with Gasteiger partial charge in [0.05, 0.1) is 13.0 Å². The number of hydrogen-bond acceptors (Lipinski definition) is 2. The molecule has 3 heteroatoms. The number of rotatable bonds is 5. The van der Waals surface area contributed by atoms with Crippen LogP contribution in [-0.2, 0) is 4.79 Å². The van der Waals surface area contributed by atoms with Gasteiger partial charge in [-0.3, -0.25) is 4.79 Å². The molecule has 2 unspecified atom stereocenters. The molecule has 0 N–H and O–H groups in total. The maximum absolute atomic E-state index is 13.5. The summed E-state index contributed by atoms with van der Waals surface area (Å²) in [6.45, 7) is 3.02. The molecule has 1 saturated carbocycles. The van der Waals surface area contributed by atoms with Gasteiger partial charge in [0, 0.05) is 12.6 Å². The molecule has 2 fully saturated rings. The van der Waals surface area contributed by atoms with Crippen LogP contribution in [0.1, 0.15) is 76.2 Å². The maximum atomic E-state index is 13.5. The van der Waals surface area contributed by atoms with Gasteiger partial charge < -0.3 is 9.64 Å². The van der Waals surface area contributed by atoms with Crippen molar-refractivity contribution >= 4 is 16.7 Å². The summed E-state index contributed by atoms with van der Waals surface area (Å²) in [5.74, 6) is 1.92. The summed E-state index contributed by atoms with van der Waals surface area (Å²) in [6.07, 6.45) is 11.7. The predicted octanol–water partition coefficient (Wildman–Crippen LogP) is 6.30. The summed E-state index contributed by atoms with van der Waals surface area (Å²) in [5.41, 5.74) is 1.12. The predicted molar refractivity (Wildman–Crippen MR) is 119 cm³/mol. The molecule has 29 heavy (non-hydrogen) atoms. The summed E-state index contributed by atoms with van der Waals surface area (Å²) in [5, 5.41) is 2.32. The molecule has 0 bridgehead atoms. The lowest BCUT2D eigenvalue weighted by molar-refractivity contribution is -0.136. The van der Waals surface area contributed by atoms with Crippen LogP contribution in [0.2, 0.25) is 0 Å². The second kappa shape index (κ2) is 9.19. The van der Waals surface area contributed by atoms with Crippen LogP contribution >= 0.6 is 0 Å². The van der Waals surface area contributed by atoms with Gasteiger partial charge in [-0.2, -0.15) is 0 Å². The van der Waals surface area contributed by atoms with Crippen LogP contribution in [0.4, 0.5) is 0 Å². The highest BCUT2D eigenvalue weighted by Crippen LogP contribution is 2.33. The summed E-state index contributed by atoms with van der Waals surface area (Å²) >= 11 is 0. The van der Waals surface area contributed by atoms with E-state index in [1.807, 2.05) is 6.07 Å². The first-order valence-electron chi connectivity index (χ1n) is 11.5. The van der Waals surface area contributed by atoms with Gasteiger partial charge in [-0.15, -0.1) is 0 Å². The third-order valence-electron chi connectivity index (χ3n) is 7.18. The fourth-order valence-electron chi connectivity index (χ4n) is 5.37. The number of likely N-dealkylation sites (tertiary alicyclic amines) is 1. The number of piperidine rings is 1. The first-order chi connectivity index (χ1) is 14.2. The second-order valence-corrected chi connectivity index (χ2v) is 9.12. The smallest absolute Gasteiger partial charge is 0.230 e. The zero-order chi connectivity index (χ0) is 20.2. The molecule has 0 spiro atoms. The summed E-state index contributed by atoms with van der Waals surface area (Å²) in [6, 6.07) is 13.0. The molecule has 4 rings (SSSR count). The fourth-order valence-corrected chi connectivity index (χ4v) is 5.37. The van der Waals surface area contributed by atoms with E-state index in [2.05, 4.69) is 42.2 Å². The van der Waals surface area contributed by atoms with Crippen LogP contribution in [-0.4, -0.2) is 30.5 Å². The van der Waals surface area contributed by atoms with E-state index in [0.717, 1.165) is 35.6 Å². The number of nitrogens with zero attached hydrogens (tertiary/aromatic N) is 1. The number of hydrogen-bond donors (Lipinski definition) is 0. The normalized spacial score (nSPS) is 21.9. The SMILES string of the molecule is COc1ccc2cc(C(C)C(=O)N3CCCCC3CC3CCCCC3)ccc2c1. The van der Waals surface area contributed by atoms with Crippen molar-refractivity contribution < 1.29 is 9.53 Å². The second-order valence-electron chi connectivity index (χ2n) is 9.12. The fraction of sp³-hybridized carbons (Fsp3) is 0.577. The Kier molecular flexibility index (Phi) is 6.42. The lowest BCUT2D eigenvalue weighted by atomic mass is 9.82. The third-order valence-corrected chi connectivity index (χ3v) is 7.18. The van der Waals surface area contributed by atoms with Crippen LogP contribution < -0.4 is 4.74 Å². The van der Waals surface area contributed by atoms with Crippen molar-refractivity contribution in [3.63, 3.8) is 0 Å². The molecular weight excluding hydrogens is 358 g/mol. The topological polar surface area (TPSA) is 29.5 Å². The quantitative estimate of drug-likeness (QED) is 0.596. The monoisotopic (exact) mass is 393 g/mol. The lowest BCUT2D eigenvalue weighted by Gasteiger charge is -2.39. The standard InChI is InChI=1S/C26H35NO2/c1-19(21-11-12-23-18-25(29-2)14-13-22(23)17-21)26(28)27-15-7-6-10-24(27)16-20-8-4-3-5-9-20/h11-14,17-20,24H,3-10,15-16H2,1-2H3. The van der Waals surface area contributed by atoms with Gasteiger partial charge in [0.2, 0.25) is 5.91 Å². The van der Waals surface area contributed by atoms with Gasteiger partial charge in [0.15, 0.2) is 0 Å². The van der Waals surface area contributed by atoms with Crippen molar-refractivity contribution in [2.75, 3.05) is 13.7 Å². The number of methoxy groups -OCH3 is 1.